The molecule has 0 spiro atoms. The van der Waals surface area contributed by atoms with Gasteiger partial charge in [-0.1, -0.05) is 44.8 Å². The molecule has 17 heavy (non-hydrogen) atoms. The Hall–Kier alpha value is -0.420. The molecule has 1 amide bonds. The van der Waals surface area contributed by atoms with Gasteiger partial charge in [-0.2, -0.15) is 10.1 Å². The maximum atomic E-state index is 11.6. The van der Waals surface area contributed by atoms with Crippen molar-refractivity contribution in [3.05, 3.63) is 0 Å². The Morgan fingerprint density at radius 3 is 2.76 bits per heavy atom. The Morgan fingerprint density at radius 1 is 1.53 bits per heavy atom. The molecule has 1 aliphatic heterocycles. The lowest BCUT2D eigenvalue weighted by Crippen LogP contribution is -2.31. The van der Waals surface area contributed by atoms with Crippen LogP contribution in [0.25, 0.3) is 0 Å². The van der Waals surface area contributed by atoms with E-state index in [9.17, 15) is 4.79 Å². The van der Waals surface area contributed by atoms with Gasteiger partial charge in [0.15, 0.2) is 4.32 Å². The van der Waals surface area contributed by atoms with Crippen LogP contribution in [0.1, 0.15) is 40.0 Å². The number of thiocarbonyl (C=S) groups is 1. The zero-order chi connectivity index (χ0) is 12.6. The second-order valence-corrected chi connectivity index (χ2v) is 7.39. The lowest BCUT2D eigenvalue weighted by Gasteiger charge is -2.34. The molecule has 3 nitrogen and oxygen atoms in total. The Bertz CT molecular complexity index is 374. The molecule has 0 N–H and O–H groups in total. The fourth-order valence-corrected chi connectivity index (χ4v) is 3.73. The van der Waals surface area contributed by atoms with Crippen molar-refractivity contribution in [1.29, 1.82) is 0 Å². The van der Waals surface area contributed by atoms with Gasteiger partial charge >= 0.3 is 0 Å². The van der Waals surface area contributed by atoms with Gasteiger partial charge < -0.3 is 0 Å². The first-order valence-corrected chi connectivity index (χ1v) is 7.33. The molecule has 2 fully saturated rings. The average Bonchev–Trinajstić information content (AvgIpc) is 2.46. The smallest absolute Gasteiger partial charge is 0.259 e. The molecule has 0 aromatic carbocycles. The van der Waals surface area contributed by atoms with Gasteiger partial charge in [-0.3, -0.25) is 4.79 Å². The number of hydrazone groups is 1. The predicted octanol–water partition coefficient (Wildman–Crippen LogP) is 3.05. The zero-order valence-electron chi connectivity index (χ0n) is 10.5. The molecule has 5 heteroatoms. The van der Waals surface area contributed by atoms with E-state index in [2.05, 4.69) is 25.9 Å². The summed E-state index contributed by atoms with van der Waals surface area (Å²) in [6, 6.07) is 0. The second-order valence-electron chi connectivity index (χ2n) is 5.78. The maximum Gasteiger partial charge on any atom is 0.259 e. The molecule has 0 bridgehead atoms. The summed E-state index contributed by atoms with van der Waals surface area (Å²) in [5.41, 5.74) is 1.40. The molecule has 1 aliphatic carbocycles. The molecule has 1 saturated heterocycles. The van der Waals surface area contributed by atoms with Gasteiger partial charge in [0, 0.05) is 5.71 Å². The van der Waals surface area contributed by atoms with Crippen LogP contribution in [0.2, 0.25) is 0 Å². The van der Waals surface area contributed by atoms with E-state index in [1.165, 1.54) is 23.2 Å². The summed E-state index contributed by atoms with van der Waals surface area (Å²) in [6.07, 6.45) is 3.17. The third kappa shape index (κ3) is 3.07. The molecular formula is C12H18N2OS2. The van der Waals surface area contributed by atoms with Gasteiger partial charge in [0.05, 0.1) is 5.75 Å². The summed E-state index contributed by atoms with van der Waals surface area (Å²) < 4.78 is 0.596. The van der Waals surface area contributed by atoms with Crippen LogP contribution in [0.3, 0.4) is 0 Å². The minimum atomic E-state index is 0.0172. The molecule has 0 aromatic rings. The number of nitrogens with zero attached hydrogens (tertiary/aromatic N) is 2. The summed E-state index contributed by atoms with van der Waals surface area (Å²) in [5.74, 6) is 1.09. The van der Waals surface area contributed by atoms with E-state index in [1.807, 2.05) is 0 Å². The van der Waals surface area contributed by atoms with Crippen molar-refractivity contribution >= 4 is 39.9 Å². The molecular weight excluding hydrogens is 252 g/mol. The van der Waals surface area contributed by atoms with Crippen molar-refractivity contribution in [1.82, 2.24) is 5.01 Å². The van der Waals surface area contributed by atoms with E-state index >= 15 is 0 Å². The minimum absolute atomic E-state index is 0.0172. The number of rotatable bonds is 1. The van der Waals surface area contributed by atoms with Gasteiger partial charge in [-0.15, -0.1) is 0 Å². The first-order valence-electron chi connectivity index (χ1n) is 5.93. The second kappa shape index (κ2) is 4.69. The summed E-state index contributed by atoms with van der Waals surface area (Å²) in [4.78, 5) is 11.6. The lowest BCUT2D eigenvalue weighted by molar-refractivity contribution is -0.124. The van der Waals surface area contributed by atoms with Gasteiger partial charge in [0.2, 0.25) is 0 Å². The topological polar surface area (TPSA) is 32.7 Å². The average molecular weight is 270 g/mol. The van der Waals surface area contributed by atoms with Gasteiger partial charge in [-0.05, 0) is 30.6 Å². The standard InChI is InChI=1S/C12H18N2OS2/c1-8-4-9(6-12(2,3)5-8)13-14-10(15)7-17-11(14)16/h8H,4-7H2,1-3H3/b13-9-/t8-/m1/s1. The number of carbonyl (C=O) groups excluding carboxylic acids is 1. The van der Waals surface area contributed by atoms with Crippen LogP contribution < -0.4 is 0 Å². The van der Waals surface area contributed by atoms with E-state index < -0.39 is 0 Å². The van der Waals surface area contributed by atoms with Gasteiger partial charge in [0.1, 0.15) is 0 Å². The highest BCUT2D eigenvalue weighted by atomic mass is 32.2. The summed E-state index contributed by atoms with van der Waals surface area (Å²) in [6.45, 7) is 6.77. The molecule has 2 aliphatic rings. The first-order chi connectivity index (χ1) is 7.87. The third-order valence-electron chi connectivity index (χ3n) is 3.14. The van der Waals surface area contributed by atoms with E-state index in [1.54, 1.807) is 0 Å². The maximum absolute atomic E-state index is 11.6. The SMILES string of the molecule is C[C@@H]1C/C(=N/N2C(=O)CSC2=S)CC(C)(C)C1. The zero-order valence-corrected chi connectivity index (χ0v) is 12.2. The minimum Gasteiger partial charge on any atom is -0.272 e. The molecule has 94 valence electrons. The van der Waals surface area contributed by atoms with Crippen LogP contribution in [0.5, 0.6) is 0 Å². The van der Waals surface area contributed by atoms with E-state index in [4.69, 9.17) is 12.2 Å². The van der Waals surface area contributed by atoms with Gasteiger partial charge in [0.25, 0.3) is 5.91 Å². The van der Waals surface area contributed by atoms with Crippen LogP contribution in [0.4, 0.5) is 0 Å². The lowest BCUT2D eigenvalue weighted by atomic mass is 9.72. The molecule has 1 atom stereocenters. The molecule has 1 saturated carbocycles. The molecule has 0 radical (unpaired) electrons. The fourth-order valence-electron chi connectivity index (χ4n) is 2.78. The van der Waals surface area contributed by atoms with Gasteiger partial charge in [-0.25, -0.2) is 0 Å². The summed E-state index contributed by atoms with van der Waals surface area (Å²) in [5, 5.41) is 5.90. The Labute approximate surface area is 112 Å². The molecule has 0 aromatic heterocycles. The van der Waals surface area contributed by atoms with Crippen molar-refractivity contribution in [2.75, 3.05) is 5.75 Å². The van der Waals surface area contributed by atoms with Crippen molar-refractivity contribution < 1.29 is 4.79 Å². The number of carbonyl (C=O) groups is 1. The Kier molecular flexibility index (Phi) is 3.59. The molecule has 0 unspecified atom stereocenters. The third-order valence-corrected chi connectivity index (χ3v) is 4.48. The summed E-state index contributed by atoms with van der Waals surface area (Å²) in [7, 11) is 0. The highest BCUT2D eigenvalue weighted by Gasteiger charge is 2.32. The number of thioether (sulfide) groups is 1. The normalized spacial score (nSPS) is 31.4. The van der Waals surface area contributed by atoms with E-state index in [-0.39, 0.29) is 11.3 Å². The van der Waals surface area contributed by atoms with Crippen molar-refractivity contribution in [2.24, 2.45) is 16.4 Å². The van der Waals surface area contributed by atoms with Crippen LogP contribution in [-0.2, 0) is 4.79 Å². The number of amides is 1. The van der Waals surface area contributed by atoms with E-state index in [0.717, 1.165) is 18.6 Å². The highest BCUT2D eigenvalue weighted by molar-refractivity contribution is 8.23. The predicted molar refractivity (Wildman–Crippen MR) is 76.1 cm³/mol. The largest absolute Gasteiger partial charge is 0.272 e. The number of hydrogen-bond acceptors (Lipinski definition) is 4. The first kappa shape index (κ1) is 13.0. The van der Waals surface area contributed by atoms with Crippen LogP contribution in [0, 0.1) is 11.3 Å². The summed E-state index contributed by atoms with van der Waals surface area (Å²) >= 11 is 6.54. The van der Waals surface area contributed by atoms with Crippen LogP contribution in [-0.4, -0.2) is 26.7 Å². The monoisotopic (exact) mass is 270 g/mol. The fraction of sp³-hybridized carbons (Fsp3) is 0.750. The van der Waals surface area contributed by atoms with Crippen molar-refractivity contribution in [3.8, 4) is 0 Å². The van der Waals surface area contributed by atoms with Crippen molar-refractivity contribution in [3.63, 3.8) is 0 Å². The van der Waals surface area contributed by atoms with Crippen LogP contribution >= 0.6 is 24.0 Å². The van der Waals surface area contributed by atoms with Crippen molar-refractivity contribution in [2.45, 2.75) is 40.0 Å². The Morgan fingerprint density at radius 2 is 2.24 bits per heavy atom. The molecule has 2 rings (SSSR count). The highest BCUT2D eigenvalue weighted by Crippen LogP contribution is 2.37. The van der Waals surface area contributed by atoms with E-state index in [0.29, 0.717) is 16.0 Å². The number of hydrogen-bond donors (Lipinski definition) is 0. The van der Waals surface area contributed by atoms with Crippen LogP contribution in [0.15, 0.2) is 5.10 Å². The quantitative estimate of drug-likeness (QED) is 0.687. The Balaban J connectivity index is 2.16. The molecule has 1 heterocycles.